The van der Waals surface area contributed by atoms with E-state index in [1.165, 1.54) is 12.8 Å². The number of carbonyl (C=O) groups is 1. The molecule has 0 fully saturated rings. The van der Waals surface area contributed by atoms with Crippen molar-refractivity contribution in [3.63, 3.8) is 0 Å². The molecule has 0 rings (SSSR count). The molecular weight excluding hydrogens is 162 g/mol. The summed E-state index contributed by atoms with van der Waals surface area (Å²) in [7, 11) is 0. The van der Waals surface area contributed by atoms with Gasteiger partial charge in [0.15, 0.2) is 0 Å². The van der Waals surface area contributed by atoms with E-state index in [1.807, 2.05) is 6.92 Å². The molecule has 1 unspecified atom stereocenters. The van der Waals surface area contributed by atoms with Gasteiger partial charge in [-0.15, -0.1) is 0 Å². The second-order valence-electron chi connectivity index (χ2n) is 3.66. The minimum Gasteiger partial charge on any atom is -0.330 e. The highest BCUT2D eigenvalue weighted by Crippen LogP contribution is 2.17. The predicted molar refractivity (Wildman–Crippen MR) is 56.6 cm³/mol. The Morgan fingerprint density at radius 3 is 2.38 bits per heavy atom. The topological polar surface area (TPSA) is 43.1 Å². The van der Waals surface area contributed by atoms with Gasteiger partial charge in [0.05, 0.1) is 0 Å². The molecule has 0 saturated carbocycles. The van der Waals surface area contributed by atoms with Crippen molar-refractivity contribution in [2.24, 2.45) is 11.7 Å². The summed E-state index contributed by atoms with van der Waals surface area (Å²) in [5.74, 6) is 1.06. The van der Waals surface area contributed by atoms with Gasteiger partial charge in [-0.3, -0.25) is 4.79 Å². The zero-order chi connectivity index (χ0) is 10.1. The van der Waals surface area contributed by atoms with E-state index in [1.54, 1.807) is 0 Å². The Labute approximate surface area is 81.9 Å². The van der Waals surface area contributed by atoms with Gasteiger partial charge in [0.1, 0.15) is 5.78 Å². The third-order valence-corrected chi connectivity index (χ3v) is 2.50. The average Bonchev–Trinajstić information content (AvgIpc) is 2.14. The molecule has 0 aromatic heterocycles. The number of rotatable bonds is 8. The van der Waals surface area contributed by atoms with Crippen LogP contribution in [0.1, 0.15) is 52.4 Å². The highest BCUT2D eigenvalue weighted by molar-refractivity contribution is 5.77. The molecule has 0 radical (unpaired) electrons. The van der Waals surface area contributed by atoms with Crippen molar-refractivity contribution in [3.8, 4) is 0 Å². The van der Waals surface area contributed by atoms with Crippen LogP contribution in [0.3, 0.4) is 0 Å². The second kappa shape index (κ2) is 8.24. The van der Waals surface area contributed by atoms with Crippen molar-refractivity contribution in [2.75, 3.05) is 6.54 Å². The third kappa shape index (κ3) is 6.76. The SMILES string of the molecule is CCCC(CCN)CCC(=O)CC. The molecule has 0 aromatic carbocycles. The lowest BCUT2D eigenvalue weighted by Crippen LogP contribution is -2.10. The van der Waals surface area contributed by atoms with Crippen LogP contribution in [0.4, 0.5) is 0 Å². The van der Waals surface area contributed by atoms with Gasteiger partial charge in [0.25, 0.3) is 0 Å². The van der Waals surface area contributed by atoms with E-state index in [-0.39, 0.29) is 0 Å². The molecule has 2 nitrogen and oxygen atoms in total. The minimum atomic E-state index is 0.387. The Morgan fingerprint density at radius 1 is 1.23 bits per heavy atom. The first kappa shape index (κ1) is 12.6. The van der Waals surface area contributed by atoms with Crippen molar-refractivity contribution in [3.05, 3.63) is 0 Å². The van der Waals surface area contributed by atoms with Crippen LogP contribution in [0.5, 0.6) is 0 Å². The number of hydrogen-bond acceptors (Lipinski definition) is 2. The van der Waals surface area contributed by atoms with Crippen molar-refractivity contribution < 1.29 is 4.79 Å². The van der Waals surface area contributed by atoms with Crippen molar-refractivity contribution in [2.45, 2.75) is 52.4 Å². The predicted octanol–water partition coefficient (Wildman–Crippen LogP) is 2.51. The maximum absolute atomic E-state index is 11.1. The van der Waals surface area contributed by atoms with E-state index < -0.39 is 0 Å². The van der Waals surface area contributed by atoms with Crippen LogP contribution in [0, 0.1) is 5.92 Å². The summed E-state index contributed by atoms with van der Waals surface area (Å²) in [5, 5.41) is 0. The molecule has 0 amide bonds. The molecule has 1 atom stereocenters. The minimum absolute atomic E-state index is 0.387. The van der Waals surface area contributed by atoms with Gasteiger partial charge in [-0.2, -0.15) is 0 Å². The molecular formula is C11H23NO. The maximum Gasteiger partial charge on any atom is 0.132 e. The summed E-state index contributed by atoms with van der Waals surface area (Å²) < 4.78 is 0. The molecule has 0 bridgehead atoms. The molecule has 78 valence electrons. The maximum atomic E-state index is 11.1. The van der Waals surface area contributed by atoms with Crippen LogP contribution in [-0.4, -0.2) is 12.3 Å². The lowest BCUT2D eigenvalue weighted by atomic mass is 9.93. The number of Topliss-reactive ketones (excluding diaryl/α,β-unsaturated/α-hetero) is 1. The molecule has 13 heavy (non-hydrogen) atoms. The fourth-order valence-corrected chi connectivity index (χ4v) is 1.62. The van der Waals surface area contributed by atoms with E-state index in [2.05, 4.69) is 6.92 Å². The number of hydrogen-bond donors (Lipinski definition) is 1. The van der Waals surface area contributed by atoms with Crippen molar-refractivity contribution in [1.82, 2.24) is 0 Å². The molecule has 0 aromatic rings. The lowest BCUT2D eigenvalue weighted by Gasteiger charge is -2.13. The smallest absolute Gasteiger partial charge is 0.132 e. The van der Waals surface area contributed by atoms with Crippen LogP contribution >= 0.6 is 0 Å². The molecule has 0 aliphatic carbocycles. The summed E-state index contributed by atoms with van der Waals surface area (Å²) in [5.41, 5.74) is 5.51. The Morgan fingerprint density at radius 2 is 1.92 bits per heavy atom. The first-order valence-corrected chi connectivity index (χ1v) is 5.46. The van der Waals surface area contributed by atoms with E-state index in [4.69, 9.17) is 5.73 Å². The first-order chi connectivity index (χ1) is 6.24. The highest BCUT2D eigenvalue weighted by Gasteiger charge is 2.08. The van der Waals surface area contributed by atoms with Crippen molar-refractivity contribution >= 4 is 5.78 Å². The fraction of sp³-hybridized carbons (Fsp3) is 0.909. The monoisotopic (exact) mass is 185 g/mol. The standard InChI is InChI=1S/C11H23NO/c1-3-5-10(8-9-12)6-7-11(13)4-2/h10H,3-9,12H2,1-2H3. The van der Waals surface area contributed by atoms with Crippen LogP contribution < -0.4 is 5.73 Å². The number of carbonyl (C=O) groups excluding carboxylic acids is 1. The molecule has 2 N–H and O–H groups in total. The quantitative estimate of drug-likeness (QED) is 0.631. The summed E-state index contributed by atoms with van der Waals surface area (Å²) >= 11 is 0. The Bertz CT molecular complexity index is 128. The van der Waals surface area contributed by atoms with Crippen LogP contribution in [0.25, 0.3) is 0 Å². The van der Waals surface area contributed by atoms with Gasteiger partial charge >= 0.3 is 0 Å². The molecule has 0 aliphatic heterocycles. The van der Waals surface area contributed by atoms with Gasteiger partial charge in [-0.25, -0.2) is 0 Å². The van der Waals surface area contributed by atoms with Crippen LogP contribution in [-0.2, 0) is 4.79 Å². The molecule has 0 aliphatic rings. The van der Waals surface area contributed by atoms with Gasteiger partial charge in [-0.05, 0) is 25.3 Å². The second-order valence-corrected chi connectivity index (χ2v) is 3.66. The van der Waals surface area contributed by atoms with Gasteiger partial charge in [0, 0.05) is 12.8 Å². The average molecular weight is 185 g/mol. The summed E-state index contributed by atoms with van der Waals surface area (Å²) in [4.78, 5) is 11.1. The number of ketones is 1. The number of nitrogens with two attached hydrogens (primary N) is 1. The van der Waals surface area contributed by atoms with Crippen LogP contribution in [0.15, 0.2) is 0 Å². The van der Waals surface area contributed by atoms with E-state index in [0.717, 1.165) is 25.8 Å². The third-order valence-electron chi connectivity index (χ3n) is 2.50. The van der Waals surface area contributed by atoms with Gasteiger partial charge in [-0.1, -0.05) is 26.7 Å². The Balaban J connectivity index is 3.61. The largest absolute Gasteiger partial charge is 0.330 e. The highest BCUT2D eigenvalue weighted by atomic mass is 16.1. The zero-order valence-corrected chi connectivity index (χ0v) is 9.01. The fourth-order valence-electron chi connectivity index (χ4n) is 1.62. The summed E-state index contributed by atoms with van der Waals surface area (Å²) in [6.07, 6.45) is 5.96. The summed E-state index contributed by atoms with van der Waals surface area (Å²) in [6, 6.07) is 0. The van der Waals surface area contributed by atoms with Gasteiger partial charge in [0.2, 0.25) is 0 Å². The Kier molecular flexibility index (Phi) is 8.00. The molecule has 0 saturated heterocycles. The lowest BCUT2D eigenvalue weighted by molar-refractivity contribution is -0.119. The summed E-state index contributed by atoms with van der Waals surface area (Å²) in [6.45, 7) is 4.87. The first-order valence-electron chi connectivity index (χ1n) is 5.46. The van der Waals surface area contributed by atoms with Gasteiger partial charge < -0.3 is 5.73 Å². The normalized spacial score (nSPS) is 12.8. The van der Waals surface area contributed by atoms with E-state index >= 15 is 0 Å². The molecule has 0 heterocycles. The Hall–Kier alpha value is -0.370. The molecule has 2 heteroatoms. The van der Waals surface area contributed by atoms with E-state index in [0.29, 0.717) is 18.1 Å². The van der Waals surface area contributed by atoms with E-state index in [9.17, 15) is 4.79 Å². The molecule has 0 spiro atoms. The van der Waals surface area contributed by atoms with Crippen LogP contribution in [0.2, 0.25) is 0 Å². The zero-order valence-electron chi connectivity index (χ0n) is 9.01. The van der Waals surface area contributed by atoms with Crippen molar-refractivity contribution in [1.29, 1.82) is 0 Å².